The van der Waals surface area contributed by atoms with E-state index in [1.807, 2.05) is 0 Å². The van der Waals surface area contributed by atoms with Crippen molar-refractivity contribution < 1.29 is 17.9 Å². The van der Waals surface area contributed by atoms with Gasteiger partial charge in [-0.25, -0.2) is 8.42 Å². The maximum atomic E-state index is 12.3. The van der Waals surface area contributed by atoms with Crippen molar-refractivity contribution in [1.29, 1.82) is 0 Å². The molecule has 0 aliphatic carbocycles. The number of benzene rings is 2. The minimum Gasteiger partial charge on any atom is -0.497 e. The summed E-state index contributed by atoms with van der Waals surface area (Å²) >= 11 is 0. The van der Waals surface area contributed by atoms with Crippen molar-refractivity contribution in [3.8, 4) is 5.75 Å². The number of nitrogens with one attached hydrogen (secondary N) is 1. The molecule has 0 unspecified atom stereocenters. The van der Waals surface area contributed by atoms with Crippen LogP contribution in [-0.4, -0.2) is 52.2 Å². The lowest BCUT2D eigenvalue weighted by Gasteiger charge is -2.26. The topological polar surface area (TPSA) is 79.0 Å². The largest absolute Gasteiger partial charge is 0.497 e. The van der Waals surface area contributed by atoms with Gasteiger partial charge in [0.2, 0.25) is 15.9 Å². The molecule has 0 spiro atoms. The van der Waals surface area contributed by atoms with Gasteiger partial charge in [0.25, 0.3) is 0 Å². The fourth-order valence-electron chi connectivity index (χ4n) is 4.06. The lowest BCUT2D eigenvalue weighted by Crippen LogP contribution is -2.32. The van der Waals surface area contributed by atoms with E-state index in [-0.39, 0.29) is 18.9 Å². The second kappa shape index (κ2) is 12.0. The number of nitrogens with zero attached hydrogens (tertiary/aromatic N) is 2. The molecule has 1 heterocycles. The number of carbonyl (C=O) groups is 1. The quantitative estimate of drug-likeness (QED) is 0.540. The SMILES string of the molecule is COc1cccc(N(CCCC(=O)NCc2ccc(CN3CCCCC3)cc2)S(C)(=O)=O)c1. The van der Waals surface area contributed by atoms with Crippen LogP contribution in [0.4, 0.5) is 5.69 Å². The van der Waals surface area contributed by atoms with Crippen molar-refractivity contribution in [2.45, 2.75) is 45.2 Å². The van der Waals surface area contributed by atoms with Crippen LogP contribution in [0.1, 0.15) is 43.2 Å². The maximum absolute atomic E-state index is 12.3. The van der Waals surface area contributed by atoms with Gasteiger partial charge in [-0.05, 0) is 55.6 Å². The molecule has 1 aliphatic rings. The molecular formula is C25H35N3O4S. The molecule has 0 saturated carbocycles. The molecular weight excluding hydrogens is 438 g/mol. The van der Waals surface area contributed by atoms with Gasteiger partial charge in [-0.2, -0.15) is 0 Å². The second-order valence-corrected chi connectivity index (χ2v) is 10.5. The average Bonchev–Trinajstić information content (AvgIpc) is 2.81. The van der Waals surface area contributed by atoms with Gasteiger partial charge in [0.15, 0.2) is 0 Å². The molecule has 2 aromatic carbocycles. The number of anilines is 1. The Morgan fingerprint density at radius 2 is 1.76 bits per heavy atom. The van der Waals surface area contributed by atoms with Crippen molar-refractivity contribution in [3.63, 3.8) is 0 Å². The van der Waals surface area contributed by atoms with E-state index in [4.69, 9.17) is 4.74 Å². The van der Waals surface area contributed by atoms with Crippen LogP contribution in [0.5, 0.6) is 5.75 Å². The summed E-state index contributed by atoms with van der Waals surface area (Å²) in [5.41, 5.74) is 2.88. The highest BCUT2D eigenvalue weighted by molar-refractivity contribution is 7.92. The van der Waals surface area contributed by atoms with Gasteiger partial charge in [-0.3, -0.25) is 14.0 Å². The summed E-state index contributed by atoms with van der Waals surface area (Å²) in [6.45, 7) is 4.02. The van der Waals surface area contributed by atoms with E-state index >= 15 is 0 Å². The number of hydrogen-bond acceptors (Lipinski definition) is 5. The van der Waals surface area contributed by atoms with Crippen molar-refractivity contribution in [1.82, 2.24) is 10.2 Å². The number of piperidine rings is 1. The number of likely N-dealkylation sites (tertiary alicyclic amines) is 1. The van der Waals surface area contributed by atoms with Crippen LogP contribution in [-0.2, 0) is 27.9 Å². The molecule has 1 aliphatic heterocycles. The summed E-state index contributed by atoms with van der Waals surface area (Å²) in [6.07, 6.45) is 5.75. The Morgan fingerprint density at radius 3 is 2.42 bits per heavy atom. The van der Waals surface area contributed by atoms with E-state index in [2.05, 4.69) is 34.5 Å². The van der Waals surface area contributed by atoms with Crippen molar-refractivity contribution in [2.75, 3.05) is 37.3 Å². The highest BCUT2D eigenvalue weighted by atomic mass is 32.2. The summed E-state index contributed by atoms with van der Waals surface area (Å²) in [4.78, 5) is 14.8. The molecule has 1 N–H and O–H groups in total. The first-order valence-corrected chi connectivity index (χ1v) is 13.4. The Balaban J connectivity index is 1.44. The predicted octanol–water partition coefficient (Wildman–Crippen LogP) is 3.54. The minimum atomic E-state index is -3.47. The van der Waals surface area contributed by atoms with Crippen LogP contribution in [0.2, 0.25) is 0 Å². The van der Waals surface area contributed by atoms with E-state index in [1.54, 1.807) is 24.3 Å². The van der Waals surface area contributed by atoms with Crippen LogP contribution < -0.4 is 14.4 Å². The average molecular weight is 474 g/mol. The molecule has 3 rings (SSSR count). The first-order chi connectivity index (χ1) is 15.8. The second-order valence-electron chi connectivity index (χ2n) is 8.57. The lowest BCUT2D eigenvalue weighted by molar-refractivity contribution is -0.121. The number of carbonyl (C=O) groups excluding carboxylic acids is 1. The van der Waals surface area contributed by atoms with Crippen LogP contribution in [0.3, 0.4) is 0 Å². The molecule has 33 heavy (non-hydrogen) atoms. The molecule has 1 fully saturated rings. The third-order valence-electron chi connectivity index (χ3n) is 5.87. The van der Waals surface area contributed by atoms with E-state index < -0.39 is 10.0 Å². The number of ether oxygens (including phenoxy) is 1. The number of amides is 1. The van der Waals surface area contributed by atoms with Crippen LogP contribution in [0.25, 0.3) is 0 Å². The zero-order valence-corrected chi connectivity index (χ0v) is 20.4. The van der Waals surface area contributed by atoms with E-state index in [0.717, 1.165) is 12.1 Å². The van der Waals surface area contributed by atoms with E-state index in [9.17, 15) is 13.2 Å². The smallest absolute Gasteiger partial charge is 0.232 e. The first-order valence-electron chi connectivity index (χ1n) is 11.5. The fourth-order valence-corrected chi connectivity index (χ4v) is 5.02. The lowest BCUT2D eigenvalue weighted by atomic mass is 10.1. The maximum Gasteiger partial charge on any atom is 0.232 e. The van der Waals surface area contributed by atoms with Gasteiger partial charge >= 0.3 is 0 Å². The summed E-state index contributed by atoms with van der Waals surface area (Å²) in [7, 11) is -1.93. The summed E-state index contributed by atoms with van der Waals surface area (Å²) in [5.74, 6) is 0.493. The molecule has 0 atom stereocenters. The zero-order chi connectivity index (χ0) is 23.7. The van der Waals surface area contributed by atoms with Crippen molar-refractivity contribution in [2.24, 2.45) is 0 Å². The fraction of sp³-hybridized carbons (Fsp3) is 0.480. The van der Waals surface area contributed by atoms with Crippen LogP contribution >= 0.6 is 0 Å². The third-order valence-corrected chi connectivity index (χ3v) is 7.07. The molecule has 0 bridgehead atoms. The Morgan fingerprint density at radius 1 is 1.06 bits per heavy atom. The zero-order valence-electron chi connectivity index (χ0n) is 19.6. The summed E-state index contributed by atoms with van der Waals surface area (Å²) in [5, 5.41) is 2.93. The normalized spacial score (nSPS) is 14.6. The molecule has 2 aromatic rings. The van der Waals surface area contributed by atoms with Gasteiger partial charge in [-0.15, -0.1) is 0 Å². The number of sulfonamides is 1. The minimum absolute atomic E-state index is 0.0912. The van der Waals surface area contributed by atoms with E-state index in [1.165, 1.54) is 55.6 Å². The number of methoxy groups -OCH3 is 1. The number of hydrogen-bond donors (Lipinski definition) is 1. The molecule has 0 radical (unpaired) electrons. The van der Waals surface area contributed by atoms with E-state index in [0.29, 0.717) is 24.4 Å². The third kappa shape index (κ3) is 8.05. The standard InChI is InChI=1S/C25H35N3O4S/c1-32-24-9-6-8-23(18-24)28(33(2,30)31)17-7-10-25(29)26-19-21-11-13-22(14-12-21)20-27-15-4-3-5-16-27/h6,8-9,11-14,18H,3-5,7,10,15-17,19-20H2,1-2H3,(H,26,29). The molecule has 1 saturated heterocycles. The van der Waals surface area contributed by atoms with Gasteiger partial charge in [0.05, 0.1) is 19.1 Å². The Labute approximate surface area is 197 Å². The summed E-state index contributed by atoms with van der Waals surface area (Å²) < 4.78 is 31.0. The van der Waals surface area contributed by atoms with Crippen molar-refractivity contribution >= 4 is 21.6 Å². The molecule has 1 amide bonds. The number of rotatable bonds is 11. The van der Waals surface area contributed by atoms with Gasteiger partial charge in [-0.1, -0.05) is 36.8 Å². The van der Waals surface area contributed by atoms with Gasteiger partial charge < -0.3 is 10.1 Å². The Hall–Kier alpha value is -2.58. The Kier molecular flexibility index (Phi) is 9.14. The predicted molar refractivity (Wildman–Crippen MR) is 132 cm³/mol. The van der Waals surface area contributed by atoms with Crippen LogP contribution in [0.15, 0.2) is 48.5 Å². The molecule has 7 nitrogen and oxygen atoms in total. The molecule has 180 valence electrons. The Bertz CT molecular complexity index is 1000. The van der Waals surface area contributed by atoms with Gasteiger partial charge in [0.1, 0.15) is 5.75 Å². The van der Waals surface area contributed by atoms with Crippen LogP contribution in [0, 0.1) is 0 Å². The highest BCUT2D eigenvalue weighted by Gasteiger charge is 2.18. The first kappa shape index (κ1) is 25.1. The summed E-state index contributed by atoms with van der Waals surface area (Å²) in [6, 6.07) is 15.3. The monoisotopic (exact) mass is 473 g/mol. The van der Waals surface area contributed by atoms with Gasteiger partial charge in [0, 0.05) is 32.1 Å². The highest BCUT2D eigenvalue weighted by Crippen LogP contribution is 2.23. The molecule has 8 heteroatoms. The van der Waals surface area contributed by atoms with Crippen molar-refractivity contribution in [3.05, 3.63) is 59.7 Å². The molecule has 0 aromatic heterocycles.